The van der Waals surface area contributed by atoms with Crippen LogP contribution in [-0.4, -0.2) is 34.5 Å². The summed E-state index contributed by atoms with van der Waals surface area (Å²) in [4.78, 5) is 40.1. The van der Waals surface area contributed by atoms with E-state index in [1.165, 1.54) is 0 Å². The molecular weight excluding hydrogens is 364 g/mol. The molecule has 3 aliphatic rings. The highest BCUT2D eigenvalue weighted by atomic mass is 35.5. The summed E-state index contributed by atoms with van der Waals surface area (Å²) in [5.74, 6) is -2.99. The Bertz CT molecular complexity index is 790. The second kappa shape index (κ2) is 7.82. The molecule has 5 nitrogen and oxygen atoms in total. The molecule has 0 spiro atoms. The Hall–Kier alpha value is -2.19. The minimum absolute atomic E-state index is 0.129. The largest absolute Gasteiger partial charge is 0.325 e. The fraction of sp³-hybridized carbons (Fsp3) is 0.524. The van der Waals surface area contributed by atoms with Gasteiger partial charge in [0, 0.05) is 17.4 Å². The zero-order chi connectivity index (χ0) is 19.7. The van der Waals surface area contributed by atoms with E-state index in [9.17, 15) is 14.4 Å². The van der Waals surface area contributed by atoms with E-state index in [1.807, 2.05) is 18.2 Å². The molecule has 0 N–H and O–H groups in total. The number of amides is 1. The molecule has 1 fully saturated rings. The zero-order valence-electron chi connectivity index (χ0n) is 15.5. The minimum Gasteiger partial charge on any atom is -0.325 e. The van der Waals surface area contributed by atoms with Crippen molar-refractivity contribution >= 4 is 29.1 Å². The van der Waals surface area contributed by atoms with Crippen molar-refractivity contribution in [2.45, 2.75) is 45.2 Å². The third kappa shape index (κ3) is 3.64. The molecule has 142 valence electrons. The number of hydrogen-bond donors (Lipinski definition) is 0. The van der Waals surface area contributed by atoms with Crippen molar-refractivity contribution in [3.05, 3.63) is 35.4 Å². The third-order valence-electron chi connectivity index (χ3n) is 5.64. The minimum atomic E-state index is -0.955. The molecule has 27 heavy (non-hydrogen) atoms. The molecule has 0 radical (unpaired) electrons. The van der Waals surface area contributed by atoms with Crippen LogP contribution in [0.2, 0.25) is 0 Å². The van der Waals surface area contributed by atoms with Crippen molar-refractivity contribution in [2.75, 3.05) is 0 Å². The molecule has 2 aliphatic carbocycles. The van der Waals surface area contributed by atoms with Crippen molar-refractivity contribution in [3.8, 4) is 6.07 Å². The van der Waals surface area contributed by atoms with Gasteiger partial charge in [0.2, 0.25) is 5.78 Å². The number of carbonyl (C=O) groups is 3. The summed E-state index contributed by atoms with van der Waals surface area (Å²) in [6, 6.07) is 1.37. The van der Waals surface area contributed by atoms with Gasteiger partial charge in [-0.05, 0) is 24.8 Å². The number of hydrogen-bond acceptors (Lipinski definition) is 4. The molecule has 3 rings (SSSR count). The Morgan fingerprint density at radius 1 is 1.26 bits per heavy atom. The summed E-state index contributed by atoms with van der Waals surface area (Å²) in [5.41, 5.74) is 0. The fourth-order valence-corrected chi connectivity index (χ4v) is 4.47. The predicted octanol–water partition coefficient (Wildman–Crippen LogP) is 3.16. The summed E-state index contributed by atoms with van der Waals surface area (Å²) < 4.78 is 0. The van der Waals surface area contributed by atoms with E-state index in [2.05, 4.69) is 6.07 Å². The van der Waals surface area contributed by atoms with Gasteiger partial charge in [0.05, 0.1) is 24.1 Å². The number of carbonyl (C=O) groups excluding carboxylic acids is 3. The molecule has 0 aromatic heterocycles. The zero-order valence-corrected chi connectivity index (χ0v) is 16.2. The normalized spacial score (nSPS) is 33.4. The average Bonchev–Trinajstić information content (AvgIpc) is 2.92. The maximum Gasteiger partial charge on any atom is 0.291 e. The van der Waals surface area contributed by atoms with Crippen LogP contribution in [-0.2, 0) is 14.4 Å². The molecule has 1 saturated heterocycles. The topological polar surface area (TPSA) is 78.2 Å². The van der Waals surface area contributed by atoms with Gasteiger partial charge in [0.1, 0.15) is 11.7 Å². The first kappa shape index (κ1) is 19.6. The Kier molecular flexibility index (Phi) is 5.67. The highest BCUT2D eigenvalue weighted by molar-refractivity contribution is 6.43. The Labute approximate surface area is 164 Å². The van der Waals surface area contributed by atoms with Crippen LogP contribution in [0.1, 0.15) is 33.1 Å². The second-order valence-corrected chi connectivity index (χ2v) is 8.22. The first-order chi connectivity index (χ1) is 12.8. The first-order valence-electron chi connectivity index (χ1n) is 9.36. The molecule has 6 heteroatoms. The van der Waals surface area contributed by atoms with Gasteiger partial charge >= 0.3 is 0 Å². The molecule has 0 saturated carbocycles. The van der Waals surface area contributed by atoms with Crippen LogP contribution < -0.4 is 0 Å². The summed E-state index contributed by atoms with van der Waals surface area (Å²) >= 11 is 6.16. The monoisotopic (exact) mass is 386 g/mol. The van der Waals surface area contributed by atoms with Gasteiger partial charge in [0.15, 0.2) is 0 Å². The lowest BCUT2D eigenvalue weighted by Crippen LogP contribution is -2.48. The van der Waals surface area contributed by atoms with Gasteiger partial charge in [-0.2, -0.15) is 5.26 Å². The van der Waals surface area contributed by atoms with Crippen molar-refractivity contribution in [1.29, 1.82) is 5.26 Å². The smallest absolute Gasteiger partial charge is 0.291 e. The van der Waals surface area contributed by atoms with E-state index < -0.39 is 23.7 Å². The van der Waals surface area contributed by atoms with Crippen LogP contribution in [0.15, 0.2) is 35.4 Å². The highest BCUT2D eigenvalue weighted by Crippen LogP contribution is 2.39. The van der Waals surface area contributed by atoms with Crippen LogP contribution >= 0.6 is 11.6 Å². The van der Waals surface area contributed by atoms with E-state index >= 15 is 0 Å². The quantitative estimate of drug-likeness (QED) is 0.422. The van der Waals surface area contributed by atoms with Crippen molar-refractivity contribution in [2.24, 2.45) is 23.7 Å². The number of ketones is 2. The lowest BCUT2D eigenvalue weighted by atomic mass is 9.76. The lowest BCUT2D eigenvalue weighted by Gasteiger charge is -2.38. The van der Waals surface area contributed by atoms with Crippen LogP contribution in [0.4, 0.5) is 0 Å². The molecular formula is C21H23ClN2O3. The standard InChI is InChI=1S/C21H23ClN2O3/c1-12(2)19(25)17-18(14-8-6-13(11-23)7-9-14)24(21(27)20(17)26)16-5-3-4-15(22)10-16/h3-6,8,12-14,16-18H,7,9-10H2,1-2H3. The van der Waals surface area contributed by atoms with Crippen molar-refractivity contribution < 1.29 is 14.4 Å². The maximum atomic E-state index is 12.9. The fourth-order valence-electron chi connectivity index (χ4n) is 4.24. The molecule has 0 aromatic carbocycles. The summed E-state index contributed by atoms with van der Waals surface area (Å²) in [5, 5.41) is 9.74. The number of Topliss-reactive ketones (excluding diaryl/α,β-unsaturated/α-hetero) is 2. The first-order valence-corrected chi connectivity index (χ1v) is 9.74. The number of rotatable bonds is 4. The number of nitrogens with zero attached hydrogens (tertiary/aromatic N) is 2. The molecule has 1 heterocycles. The van der Waals surface area contributed by atoms with Gasteiger partial charge in [-0.1, -0.05) is 49.8 Å². The number of allylic oxidation sites excluding steroid dienone is 3. The predicted molar refractivity (Wildman–Crippen MR) is 101 cm³/mol. The van der Waals surface area contributed by atoms with E-state index in [1.54, 1.807) is 30.9 Å². The number of likely N-dealkylation sites (tertiary alicyclic amines) is 1. The number of halogens is 1. The molecule has 5 atom stereocenters. The van der Waals surface area contributed by atoms with Crippen molar-refractivity contribution in [1.82, 2.24) is 4.90 Å². The lowest BCUT2D eigenvalue weighted by molar-refractivity contribution is -0.143. The third-order valence-corrected chi connectivity index (χ3v) is 5.92. The summed E-state index contributed by atoms with van der Waals surface area (Å²) in [7, 11) is 0. The number of nitriles is 1. The highest BCUT2D eigenvalue weighted by Gasteiger charge is 2.55. The van der Waals surface area contributed by atoms with E-state index in [0.29, 0.717) is 24.3 Å². The van der Waals surface area contributed by atoms with Crippen LogP contribution in [0.3, 0.4) is 0 Å². The van der Waals surface area contributed by atoms with Gasteiger partial charge in [0.25, 0.3) is 5.91 Å². The Morgan fingerprint density at radius 3 is 2.56 bits per heavy atom. The van der Waals surface area contributed by atoms with Crippen LogP contribution in [0.25, 0.3) is 0 Å². The Morgan fingerprint density at radius 2 is 2.00 bits per heavy atom. The van der Waals surface area contributed by atoms with Gasteiger partial charge in [-0.3, -0.25) is 14.4 Å². The van der Waals surface area contributed by atoms with E-state index in [-0.39, 0.29) is 29.6 Å². The molecule has 1 aliphatic heterocycles. The van der Waals surface area contributed by atoms with E-state index in [0.717, 1.165) is 0 Å². The van der Waals surface area contributed by atoms with Gasteiger partial charge in [-0.15, -0.1) is 0 Å². The Balaban J connectivity index is 2.00. The molecule has 0 bridgehead atoms. The van der Waals surface area contributed by atoms with Crippen LogP contribution in [0, 0.1) is 35.0 Å². The van der Waals surface area contributed by atoms with Crippen molar-refractivity contribution in [3.63, 3.8) is 0 Å². The van der Waals surface area contributed by atoms with Gasteiger partial charge < -0.3 is 4.90 Å². The average molecular weight is 387 g/mol. The SMILES string of the molecule is CC(C)C(=O)C1C(=O)C(=O)N(C2C=CC=C(Cl)C2)C1C1C=CC(C#N)CC1. The summed E-state index contributed by atoms with van der Waals surface area (Å²) in [6.07, 6.45) is 10.9. The molecule has 1 amide bonds. The van der Waals surface area contributed by atoms with Gasteiger partial charge in [-0.25, -0.2) is 0 Å². The van der Waals surface area contributed by atoms with Crippen LogP contribution in [0.5, 0.6) is 0 Å². The molecule has 0 aromatic rings. The summed E-state index contributed by atoms with van der Waals surface area (Å²) in [6.45, 7) is 3.50. The second-order valence-electron chi connectivity index (χ2n) is 7.73. The maximum absolute atomic E-state index is 12.9. The van der Waals surface area contributed by atoms with E-state index in [4.69, 9.17) is 16.9 Å². The molecule has 5 unspecified atom stereocenters.